The quantitative estimate of drug-likeness (QED) is 0.538. The Kier molecular flexibility index (Phi) is 8.26. The Morgan fingerprint density at radius 1 is 1.24 bits per heavy atom. The summed E-state index contributed by atoms with van der Waals surface area (Å²) < 4.78 is 12.4. The van der Waals surface area contributed by atoms with Gasteiger partial charge in [0.1, 0.15) is 0 Å². The molecule has 0 spiro atoms. The van der Waals surface area contributed by atoms with Crippen LogP contribution < -0.4 is 5.32 Å². The van der Waals surface area contributed by atoms with Gasteiger partial charge >= 0.3 is 0 Å². The molecule has 0 bridgehead atoms. The molecule has 2 unspecified atom stereocenters. The summed E-state index contributed by atoms with van der Waals surface area (Å²) in [5, 5.41) is 14.3. The lowest BCUT2D eigenvalue weighted by Crippen LogP contribution is -2.32. The summed E-state index contributed by atoms with van der Waals surface area (Å²) in [6.45, 7) is 2.21. The highest BCUT2D eigenvalue weighted by molar-refractivity contribution is 7.58. The van der Waals surface area contributed by atoms with Crippen LogP contribution in [-0.2, 0) is 4.57 Å². The third-order valence-corrected chi connectivity index (χ3v) is 7.69. The summed E-state index contributed by atoms with van der Waals surface area (Å²) >= 11 is 11.9. The number of aliphatic hydroxyl groups excluding tert-OH is 1. The standard InChI is InChI=1S/C18H28Cl2NO3P/c1-13(15-7-8-17(19)18(20)9-15)21-10-16(22)12-25(23,24)11-14-5-3-2-4-6-14/h7-9,13-14,16,21-22H,2-6,10-12H2,1H3,(H,23,24)/t13-,16?/m0/s1. The molecule has 142 valence electrons. The molecule has 2 rings (SSSR count). The average molecular weight is 408 g/mol. The van der Waals surface area contributed by atoms with Crippen LogP contribution in [0.5, 0.6) is 0 Å². The van der Waals surface area contributed by atoms with Crippen molar-refractivity contribution in [1.82, 2.24) is 5.32 Å². The number of hydrogen-bond acceptors (Lipinski definition) is 3. The number of benzene rings is 1. The normalized spacial score (nSPS) is 20.8. The van der Waals surface area contributed by atoms with Crippen LogP contribution in [0.4, 0.5) is 0 Å². The molecule has 7 heteroatoms. The molecular formula is C18H28Cl2NO3P. The van der Waals surface area contributed by atoms with Crippen molar-refractivity contribution in [3.05, 3.63) is 33.8 Å². The monoisotopic (exact) mass is 407 g/mol. The molecule has 0 amide bonds. The van der Waals surface area contributed by atoms with Gasteiger partial charge < -0.3 is 15.3 Å². The number of halogens is 2. The Bertz CT molecular complexity index is 608. The fourth-order valence-electron chi connectivity index (χ4n) is 3.45. The molecule has 1 fully saturated rings. The molecule has 1 aromatic rings. The largest absolute Gasteiger partial charge is 0.391 e. The number of rotatable bonds is 8. The van der Waals surface area contributed by atoms with Crippen molar-refractivity contribution >= 4 is 30.6 Å². The van der Waals surface area contributed by atoms with Gasteiger partial charge in [0.2, 0.25) is 7.37 Å². The van der Waals surface area contributed by atoms with Crippen molar-refractivity contribution in [3.8, 4) is 0 Å². The maximum absolute atomic E-state index is 12.4. The molecule has 1 aromatic carbocycles. The topological polar surface area (TPSA) is 69.6 Å². The van der Waals surface area contributed by atoms with E-state index in [0.717, 1.165) is 31.2 Å². The first-order valence-electron chi connectivity index (χ1n) is 8.94. The molecule has 0 aromatic heterocycles. The van der Waals surface area contributed by atoms with E-state index in [4.69, 9.17) is 23.2 Å². The Labute approximate surface area is 160 Å². The number of hydrogen-bond donors (Lipinski definition) is 3. The van der Waals surface area contributed by atoms with Gasteiger partial charge in [0.15, 0.2) is 0 Å². The molecule has 4 nitrogen and oxygen atoms in total. The van der Waals surface area contributed by atoms with E-state index in [-0.39, 0.29) is 18.7 Å². The predicted octanol–water partition coefficient (Wildman–Crippen LogP) is 4.86. The Hall–Kier alpha value is -0.0900. The van der Waals surface area contributed by atoms with Crippen molar-refractivity contribution in [2.75, 3.05) is 18.9 Å². The molecule has 3 atom stereocenters. The van der Waals surface area contributed by atoms with Crippen LogP contribution in [-0.4, -0.2) is 35.0 Å². The van der Waals surface area contributed by atoms with E-state index in [1.54, 1.807) is 12.1 Å². The van der Waals surface area contributed by atoms with Crippen LogP contribution in [0.2, 0.25) is 10.0 Å². The van der Waals surface area contributed by atoms with Crippen LogP contribution in [0.25, 0.3) is 0 Å². The van der Waals surface area contributed by atoms with Crippen LogP contribution in [0.3, 0.4) is 0 Å². The third-order valence-electron chi connectivity index (χ3n) is 4.87. The van der Waals surface area contributed by atoms with Gasteiger partial charge in [0.05, 0.1) is 22.3 Å². The Balaban J connectivity index is 1.79. The maximum Gasteiger partial charge on any atom is 0.203 e. The van der Waals surface area contributed by atoms with E-state index in [2.05, 4.69) is 5.32 Å². The van der Waals surface area contributed by atoms with Gasteiger partial charge in [-0.25, -0.2) is 0 Å². The van der Waals surface area contributed by atoms with Gasteiger partial charge in [-0.2, -0.15) is 0 Å². The van der Waals surface area contributed by atoms with Crippen molar-refractivity contribution in [2.45, 2.75) is 51.2 Å². The van der Waals surface area contributed by atoms with Gasteiger partial charge in [0.25, 0.3) is 0 Å². The second-order valence-electron chi connectivity index (χ2n) is 7.17. The first-order valence-corrected chi connectivity index (χ1v) is 11.7. The first kappa shape index (κ1) is 21.2. The van der Waals surface area contributed by atoms with E-state index >= 15 is 0 Å². The summed E-state index contributed by atoms with van der Waals surface area (Å²) in [6, 6.07) is 5.35. The van der Waals surface area contributed by atoms with Crippen molar-refractivity contribution in [1.29, 1.82) is 0 Å². The molecule has 25 heavy (non-hydrogen) atoms. The SMILES string of the molecule is C[C@H](NCC(O)CP(=O)(O)CC1CCCCC1)c1ccc(Cl)c(Cl)c1. The molecule has 0 aliphatic heterocycles. The predicted molar refractivity (Wildman–Crippen MR) is 105 cm³/mol. The van der Waals surface area contributed by atoms with Crippen LogP contribution in [0.15, 0.2) is 18.2 Å². The fourth-order valence-corrected chi connectivity index (χ4v) is 5.87. The van der Waals surface area contributed by atoms with E-state index < -0.39 is 13.5 Å². The second kappa shape index (κ2) is 9.73. The minimum atomic E-state index is -3.29. The van der Waals surface area contributed by atoms with Crippen molar-refractivity contribution < 1.29 is 14.6 Å². The smallest absolute Gasteiger partial charge is 0.203 e. The van der Waals surface area contributed by atoms with Gasteiger partial charge in [-0.3, -0.25) is 4.57 Å². The molecule has 0 saturated heterocycles. The van der Waals surface area contributed by atoms with Crippen molar-refractivity contribution in [2.24, 2.45) is 5.92 Å². The second-order valence-corrected chi connectivity index (χ2v) is 10.4. The Morgan fingerprint density at radius 3 is 2.56 bits per heavy atom. The van der Waals surface area contributed by atoms with Crippen LogP contribution in [0.1, 0.15) is 50.6 Å². The minimum Gasteiger partial charge on any atom is -0.391 e. The van der Waals surface area contributed by atoms with Crippen LogP contribution in [0, 0.1) is 5.92 Å². The third kappa shape index (κ3) is 7.21. The van der Waals surface area contributed by atoms with Gasteiger partial charge in [0, 0.05) is 18.7 Å². The molecule has 0 radical (unpaired) electrons. The minimum absolute atomic E-state index is 0.0409. The average Bonchev–Trinajstić information content (AvgIpc) is 2.55. The van der Waals surface area contributed by atoms with E-state index in [1.807, 2.05) is 13.0 Å². The molecule has 0 heterocycles. The molecule has 1 saturated carbocycles. The summed E-state index contributed by atoms with van der Waals surface area (Å²) in [4.78, 5) is 10.2. The van der Waals surface area contributed by atoms with E-state index in [0.29, 0.717) is 22.1 Å². The number of nitrogens with one attached hydrogen (secondary N) is 1. The zero-order valence-electron chi connectivity index (χ0n) is 14.6. The van der Waals surface area contributed by atoms with Gasteiger partial charge in [-0.15, -0.1) is 0 Å². The highest BCUT2D eigenvalue weighted by atomic mass is 35.5. The molecule has 3 N–H and O–H groups in total. The molecule has 1 aliphatic carbocycles. The first-order chi connectivity index (χ1) is 11.8. The van der Waals surface area contributed by atoms with E-state index in [1.165, 1.54) is 6.42 Å². The van der Waals surface area contributed by atoms with Gasteiger partial charge in [-0.05, 0) is 43.4 Å². The number of aliphatic hydroxyl groups is 1. The zero-order valence-corrected chi connectivity index (χ0v) is 17.0. The lowest BCUT2D eigenvalue weighted by molar-refractivity contribution is 0.186. The molecule has 1 aliphatic rings. The lowest BCUT2D eigenvalue weighted by Gasteiger charge is -2.25. The maximum atomic E-state index is 12.4. The van der Waals surface area contributed by atoms with Crippen LogP contribution >= 0.6 is 30.6 Å². The summed E-state index contributed by atoms with van der Waals surface area (Å²) in [7, 11) is -3.29. The fraction of sp³-hybridized carbons (Fsp3) is 0.667. The van der Waals surface area contributed by atoms with Gasteiger partial charge in [-0.1, -0.05) is 48.5 Å². The Morgan fingerprint density at radius 2 is 1.92 bits per heavy atom. The van der Waals surface area contributed by atoms with Crippen molar-refractivity contribution in [3.63, 3.8) is 0 Å². The highest BCUT2D eigenvalue weighted by Crippen LogP contribution is 2.45. The molecular weight excluding hydrogens is 380 g/mol. The summed E-state index contributed by atoms with van der Waals surface area (Å²) in [5.41, 5.74) is 0.955. The summed E-state index contributed by atoms with van der Waals surface area (Å²) in [6.07, 6.45) is 5.04. The summed E-state index contributed by atoms with van der Waals surface area (Å²) in [5.74, 6) is 0.333. The lowest BCUT2D eigenvalue weighted by atomic mass is 9.91. The van der Waals surface area contributed by atoms with E-state index in [9.17, 15) is 14.6 Å². The highest BCUT2D eigenvalue weighted by Gasteiger charge is 2.28. The zero-order chi connectivity index (χ0) is 18.4.